The number of rotatable bonds is 2. The Morgan fingerprint density at radius 2 is 1.44 bits per heavy atom. The first-order valence-corrected chi connectivity index (χ1v) is 6.01. The Kier molecular flexibility index (Phi) is 4.90. The summed E-state index contributed by atoms with van der Waals surface area (Å²) in [5, 5.41) is 0. The summed E-state index contributed by atoms with van der Waals surface area (Å²) in [6.07, 6.45) is 1.31. The van der Waals surface area contributed by atoms with Crippen LogP contribution in [0, 0.1) is 10.8 Å². The van der Waals surface area contributed by atoms with E-state index in [0.29, 0.717) is 10.8 Å². The van der Waals surface area contributed by atoms with Crippen LogP contribution in [0.15, 0.2) is 0 Å². The molecule has 0 aliphatic carbocycles. The van der Waals surface area contributed by atoms with E-state index in [0.717, 1.165) is 6.54 Å². The van der Waals surface area contributed by atoms with Gasteiger partial charge in [0.15, 0.2) is 0 Å². The first-order chi connectivity index (χ1) is 6.49. The second-order valence-corrected chi connectivity index (χ2v) is 7.64. The van der Waals surface area contributed by atoms with Crippen LogP contribution in [-0.2, 0) is 0 Å². The molecule has 0 unspecified atom stereocenters. The molecule has 1 heterocycles. The van der Waals surface area contributed by atoms with Gasteiger partial charge in [-0.15, -0.1) is 12.4 Å². The molecule has 98 valence electrons. The summed E-state index contributed by atoms with van der Waals surface area (Å²) >= 11 is 0. The molecule has 0 radical (unpaired) electrons. The smallest absolute Gasteiger partial charge is 0.0226 e. The highest BCUT2D eigenvalue weighted by Gasteiger charge is 2.38. The molecule has 1 aliphatic rings. The predicted molar refractivity (Wildman–Crippen MR) is 74.1 cm³/mol. The van der Waals surface area contributed by atoms with Gasteiger partial charge in [-0.1, -0.05) is 27.7 Å². The molecule has 1 aliphatic heterocycles. The third-order valence-corrected chi connectivity index (χ3v) is 2.89. The number of nitrogens with two attached hydrogens (primary N) is 1. The van der Waals surface area contributed by atoms with E-state index < -0.39 is 0 Å². The molecule has 1 rings (SSSR count). The number of likely N-dealkylation sites (tertiary alicyclic amines) is 1. The van der Waals surface area contributed by atoms with Gasteiger partial charge < -0.3 is 10.6 Å². The minimum Gasteiger partial charge on any atom is -0.324 e. The first kappa shape index (κ1) is 16.2. The van der Waals surface area contributed by atoms with Crippen LogP contribution < -0.4 is 5.73 Å². The van der Waals surface area contributed by atoms with Gasteiger partial charge in [-0.3, -0.25) is 0 Å². The Morgan fingerprint density at radius 3 is 1.75 bits per heavy atom. The number of nitrogens with zero attached hydrogens (tertiary/aromatic N) is 1. The summed E-state index contributed by atoms with van der Waals surface area (Å²) in [7, 11) is 0. The Bertz CT molecular complexity index is 210. The van der Waals surface area contributed by atoms with Crippen molar-refractivity contribution in [1.82, 2.24) is 4.90 Å². The second-order valence-electron chi connectivity index (χ2n) is 7.64. The second kappa shape index (κ2) is 4.83. The van der Waals surface area contributed by atoms with Crippen LogP contribution in [0.5, 0.6) is 0 Å². The quantitative estimate of drug-likeness (QED) is 0.814. The fourth-order valence-corrected chi connectivity index (χ4v) is 3.36. The van der Waals surface area contributed by atoms with Crippen molar-refractivity contribution in [2.45, 2.75) is 53.5 Å². The fourth-order valence-electron chi connectivity index (χ4n) is 3.36. The normalized spacial score (nSPS) is 24.9. The summed E-state index contributed by atoms with van der Waals surface area (Å²) < 4.78 is 0. The molecule has 0 aromatic rings. The maximum atomic E-state index is 6.10. The SMILES string of the molecule is CC(C)(N)CN1CC(C)(C)CC(C)(C)C1.Cl. The fraction of sp³-hybridized carbons (Fsp3) is 1.00. The van der Waals surface area contributed by atoms with Crippen LogP contribution in [0.1, 0.15) is 48.0 Å². The van der Waals surface area contributed by atoms with E-state index in [9.17, 15) is 0 Å². The zero-order valence-electron chi connectivity index (χ0n) is 11.8. The van der Waals surface area contributed by atoms with Crippen molar-refractivity contribution < 1.29 is 0 Å². The molecule has 0 aromatic heterocycles. The molecule has 2 N–H and O–H groups in total. The predicted octanol–water partition coefficient (Wildman–Crippen LogP) is 2.90. The number of hydrogen-bond donors (Lipinski definition) is 1. The number of halogens is 1. The van der Waals surface area contributed by atoms with E-state index in [1.165, 1.54) is 19.5 Å². The van der Waals surface area contributed by atoms with Gasteiger partial charge in [0.05, 0.1) is 0 Å². The molecule has 0 atom stereocenters. The molecule has 0 bridgehead atoms. The molecular weight excluding hydrogens is 220 g/mol. The van der Waals surface area contributed by atoms with E-state index in [-0.39, 0.29) is 17.9 Å². The van der Waals surface area contributed by atoms with Gasteiger partial charge in [-0.05, 0) is 31.1 Å². The molecule has 2 nitrogen and oxygen atoms in total. The average molecular weight is 249 g/mol. The highest BCUT2D eigenvalue weighted by molar-refractivity contribution is 5.85. The number of hydrogen-bond acceptors (Lipinski definition) is 2. The maximum Gasteiger partial charge on any atom is 0.0226 e. The van der Waals surface area contributed by atoms with Gasteiger partial charge >= 0.3 is 0 Å². The van der Waals surface area contributed by atoms with Crippen LogP contribution >= 0.6 is 12.4 Å². The summed E-state index contributed by atoms with van der Waals surface area (Å²) in [6, 6.07) is 0. The Labute approximate surface area is 107 Å². The highest BCUT2D eigenvalue weighted by atomic mass is 35.5. The minimum absolute atomic E-state index is 0. The van der Waals surface area contributed by atoms with Crippen molar-refractivity contribution in [2.75, 3.05) is 19.6 Å². The van der Waals surface area contributed by atoms with Gasteiger partial charge in [0.1, 0.15) is 0 Å². The molecule has 0 amide bonds. The number of piperidine rings is 1. The van der Waals surface area contributed by atoms with E-state index in [2.05, 4.69) is 46.4 Å². The van der Waals surface area contributed by atoms with Crippen LogP contribution in [0.3, 0.4) is 0 Å². The third-order valence-electron chi connectivity index (χ3n) is 2.89. The van der Waals surface area contributed by atoms with Crippen LogP contribution in [-0.4, -0.2) is 30.1 Å². The molecule has 0 aromatic carbocycles. The Balaban J connectivity index is 0.00000225. The largest absolute Gasteiger partial charge is 0.324 e. The maximum absolute atomic E-state index is 6.10. The van der Waals surface area contributed by atoms with Crippen molar-refractivity contribution >= 4 is 12.4 Å². The van der Waals surface area contributed by atoms with Gasteiger partial charge in [0.25, 0.3) is 0 Å². The van der Waals surface area contributed by atoms with E-state index >= 15 is 0 Å². The van der Waals surface area contributed by atoms with Gasteiger partial charge in [-0.2, -0.15) is 0 Å². The van der Waals surface area contributed by atoms with Gasteiger partial charge in [-0.25, -0.2) is 0 Å². The van der Waals surface area contributed by atoms with Crippen molar-refractivity contribution in [3.8, 4) is 0 Å². The summed E-state index contributed by atoms with van der Waals surface area (Å²) in [5.74, 6) is 0. The standard InChI is InChI=1S/C13H28N2.ClH/c1-11(2)7-12(3,4)9-15(8-11)10-13(5,6)14;/h7-10,14H2,1-6H3;1H. The Hall–Kier alpha value is 0.210. The lowest BCUT2D eigenvalue weighted by molar-refractivity contribution is 0.0184. The van der Waals surface area contributed by atoms with Crippen molar-refractivity contribution in [2.24, 2.45) is 16.6 Å². The van der Waals surface area contributed by atoms with Crippen LogP contribution in [0.2, 0.25) is 0 Å². The van der Waals surface area contributed by atoms with Crippen molar-refractivity contribution in [1.29, 1.82) is 0 Å². The van der Waals surface area contributed by atoms with E-state index in [4.69, 9.17) is 5.73 Å². The topological polar surface area (TPSA) is 29.3 Å². The van der Waals surface area contributed by atoms with Crippen LogP contribution in [0.25, 0.3) is 0 Å². The highest BCUT2D eigenvalue weighted by Crippen LogP contribution is 2.39. The summed E-state index contributed by atoms with van der Waals surface area (Å²) in [4.78, 5) is 2.53. The van der Waals surface area contributed by atoms with Crippen LogP contribution in [0.4, 0.5) is 0 Å². The molecular formula is C13H29ClN2. The molecule has 0 saturated carbocycles. The summed E-state index contributed by atoms with van der Waals surface area (Å²) in [6.45, 7) is 17.0. The first-order valence-electron chi connectivity index (χ1n) is 6.01. The monoisotopic (exact) mass is 248 g/mol. The zero-order valence-corrected chi connectivity index (χ0v) is 12.6. The molecule has 3 heteroatoms. The van der Waals surface area contributed by atoms with E-state index in [1.807, 2.05) is 0 Å². The molecule has 1 fully saturated rings. The molecule has 16 heavy (non-hydrogen) atoms. The lowest BCUT2D eigenvalue weighted by Gasteiger charge is -2.48. The van der Waals surface area contributed by atoms with Crippen molar-refractivity contribution in [3.05, 3.63) is 0 Å². The zero-order chi connectivity index (χ0) is 11.9. The lowest BCUT2D eigenvalue weighted by Crippen LogP contribution is -2.54. The van der Waals surface area contributed by atoms with Gasteiger partial charge in [0, 0.05) is 25.2 Å². The molecule has 0 spiro atoms. The average Bonchev–Trinajstić information content (AvgIpc) is 1.70. The minimum atomic E-state index is -0.0799. The Morgan fingerprint density at radius 1 is 1.06 bits per heavy atom. The van der Waals surface area contributed by atoms with Gasteiger partial charge in [0.2, 0.25) is 0 Å². The van der Waals surface area contributed by atoms with Crippen molar-refractivity contribution in [3.63, 3.8) is 0 Å². The molecule has 1 saturated heterocycles. The van der Waals surface area contributed by atoms with E-state index in [1.54, 1.807) is 0 Å². The third kappa shape index (κ3) is 5.51. The lowest BCUT2D eigenvalue weighted by atomic mass is 9.71. The summed E-state index contributed by atoms with van der Waals surface area (Å²) in [5.41, 5.74) is 6.87.